The van der Waals surface area contributed by atoms with Crippen molar-refractivity contribution in [3.05, 3.63) is 30.1 Å². The molecule has 1 aromatic heterocycles. The fourth-order valence-electron chi connectivity index (χ4n) is 3.18. The standard InChI is InChI=1S/C15H20N2O3S2/c18-22(19,14-1-2-14)17-10-15(11-17)7-13(9-21-15)20-8-12-3-5-16-6-4-12/h3-6,13-14H,1-2,7-11H2/t13-/m0/s1. The zero-order chi connectivity index (χ0) is 15.2. The van der Waals surface area contributed by atoms with Crippen molar-refractivity contribution in [1.29, 1.82) is 0 Å². The third-order valence-electron chi connectivity index (χ3n) is 4.64. The molecule has 4 rings (SSSR count). The number of sulfonamides is 1. The van der Waals surface area contributed by atoms with Gasteiger partial charge < -0.3 is 4.74 Å². The molecule has 0 unspecified atom stereocenters. The third kappa shape index (κ3) is 2.79. The van der Waals surface area contributed by atoms with Crippen LogP contribution in [0.1, 0.15) is 24.8 Å². The van der Waals surface area contributed by atoms with Crippen LogP contribution in [0.2, 0.25) is 0 Å². The van der Waals surface area contributed by atoms with E-state index in [-0.39, 0.29) is 16.1 Å². The summed E-state index contributed by atoms with van der Waals surface area (Å²) in [6, 6.07) is 3.93. The highest BCUT2D eigenvalue weighted by molar-refractivity contribution is 8.01. The van der Waals surface area contributed by atoms with E-state index in [1.165, 1.54) is 0 Å². The first-order chi connectivity index (χ1) is 10.6. The maximum Gasteiger partial charge on any atom is 0.217 e. The van der Waals surface area contributed by atoms with Gasteiger partial charge in [-0.25, -0.2) is 8.42 Å². The first kappa shape index (κ1) is 14.9. The Morgan fingerprint density at radius 3 is 2.73 bits per heavy atom. The molecular weight excluding hydrogens is 320 g/mol. The average Bonchev–Trinajstić information content (AvgIpc) is 3.25. The number of thioether (sulfide) groups is 1. The highest BCUT2D eigenvalue weighted by Crippen LogP contribution is 2.48. The number of nitrogens with zero attached hydrogens (tertiary/aromatic N) is 2. The van der Waals surface area contributed by atoms with Gasteiger partial charge in [-0.3, -0.25) is 4.98 Å². The van der Waals surface area contributed by atoms with E-state index in [4.69, 9.17) is 4.74 Å². The fraction of sp³-hybridized carbons (Fsp3) is 0.667. The second-order valence-electron chi connectivity index (χ2n) is 6.50. The Hall–Kier alpha value is -0.630. The van der Waals surface area contributed by atoms with Gasteiger partial charge in [-0.15, -0.1) is 11.8 Å². The average molecular weight is 340 g/mol. The highest BCUT2D eigenvalue weighted by Gasteiger charge is 2.55. The zero-order valence-electron chi connectivity index (χ0n) is 12.3. The molecule has 1 aromatic rings. The molecule has 120 valence electrons. The minimum Gasteiger partial charge on any atom is -0.373 e. The Morgan fingerprint density at radius 1 is 1.32 bits per heavy atom. The highest BCUT2D eigenvalue weighted by atomic mass is 32.2. The molecular formula is C15H20N2O3S2. The van der Waals surface area contributed by atoms with E-state index < -0.39 is 10.0 Å². The van der Waals surface area contributed by atoms with Crippen LogP contribution < -0.4 is 0 Å². The van der Waals surface area contributed by atoms with E-state index in [9.17, 15) is 8.42 Å². The van der Waals surface area contributed by atoms with Crippen LogP contribution in [0.25, 0.3) is 0 Å². The van der Waals surface area contributed by atoms with Gasteiger partial charge in [0.15, 0.2) is 0 Å². The Balaban J connectivity index is 1.29. The van der Waals surface area contributed by atoms with Gasteiger partial charge in [0.05, 0.1) is 18.0 Å². The van der Waals surface area contributed by atoms with Crippen molar-refractivity contribution in [3.8, 4) is 0 Å². The summed E-state index contributed by atoms with van der Waals surface area (Å²) in [6.07, 6.45) is 6.42. The predicted octanol–water partition coefficient (Wildman–Crippen LogP) is 1.65. The molecule has 7 heteroatoms. The number of rotatable bonds is 5. The number of hydrogen-bond acceptors (Lipinski definition) is 5. The Labute approximate surface area is 135 Å². The molecule has 3 fully saturated rings. The molecule has 2 saturated heterocycles. The van der Waals surface area contributed by atoms with Crippen molar-refractivity contribution in [2.75, 3.05) is 18.8 Å². The van der Waals surface area contributed by atoms with Gasteiger partial charge >= 0.3 is 0 Å². The van der Waals surface area contributed by atoms with Crippen LogP contribution in [-0.4, -0.2) is 52.7 Å². The van der Waals surface area contributed by atoms with Gasteiger partial charge in [0.25, 0.3) is 0 Å². The molecule has 3 heterocycles. The summed E-state index contributed by atoms with van der Waals surface area (Å²) < 4.78 is 32.1. The smallest absolute Gasteiger partial charge is 0.217 e. The van der Waals surface area contributed by atoms with Crippen LogP contribution in [0.4, 0.5) is 0 Å². The molecule has 5 nitrogen and oxygen atoms in total. The van der Waals surface area contributed by atoms with Crippen molar-refractivity contribution >= 4 is 21.8 Å². The summed E-state index contributed by atoms with van der Waals surface area (Å²) >= 11 is 1.88. The van der Waals surface area contributed by atoms with E-state index >= 15 is 0 Å². The van der Waals surface area contributed by atoms with E-state index in [2.05, 4.69) is 4.98 Å². The quantitative estimate of drug-likeness (QED) is 0.816. The van der Waals surface area contributed by atoms with Crippen LogP contribution >= 0.6 is 11.8 Å². The molecule has 22 heavy (non-hydrogen) atoms. The SMILES string of the molecule is O=S(=O)(C1CC1)N1CC2(C[C@H](OCc3ccncc3)CS2)C1. The van der Waals surface area contributed by atoms with Gasteiger partial charge in [0.1, 0.15) is 0 Å². The molecule has 1 atom stereocenters. The lowest BCUT2D eigenvalue weighted by Gasteiger charge is -2.46. The largest absolute Gasteiger partial charge is 0.373 e. The van der Waals surface area contributed by atoms with E-state index in [0.29, 0.717) is 19.7 Å². The predicted molar refractivity (Wildman–Crippen MR) is 86.1 cm³/mol. The summed E-state index contributed by atoms with van der Waals surface area (Å²) in [7, 11) is -2.99. The van der Waals surface area contributed by atoms with Gasteiger partial charge in [-0.1, -0.05) is 0 Å². The van der Waals surface area contributed by atoms with Gasteiger partial charge in [0, 0.05) is 36.0 Å². The van der Waals surface area contributed by atoms with Gasteiger partial charge in [0.2, 0.25) is 10.0 Å². The van der Waals surface area contributed by atoms with Crippen LogP contribution in [0, 0.1) is 0 Å². The molecule has 1 spiro atoms. The zero-order valence-corrected chi connectivity index (χ0v) is 14.0. The number of aromatic nitrogens is 1. The van der Waals surface area contributed by atoms with E-state index in [1.807, 2.05) is 23.9 Å². The summed E-state index contributed by atoms with van der Waals surface area (Å²) in [5, 5.41) is -0.0880. The van der Waals surface area contributed by atoms with Crippen LogP contribution in [0.15, 0.2) is 24.5 Å². The molecule has 0 N–H and O–H groups in total. The molecule has 3 aliphatic rings. The maximum absolute atomic E-state index is 12.2. The topological polar surface area (TPSA) is 59.5 Å². The minimum atomic E-state index is -2.99. The number of hydrogen-bond donors (Lipinski definition) is 0. The minimum absolute atomic E-state index is 0.0880. The lowest BCUT2D eigenvalue weighted by atomic mass is 9.95. The second-order valence-corrected chi connectivity index (χ2v) is 10.2. The Bertz CT molecular complexity index is 640. The van der Waals surface area contributed by atoms with Gasteiger partial charge in [-0.2, -0.15) is 4.31 Å². The van der Waals surface area contributed by atoms with Crippen molar-refractivity contribution in [2.45, 2.75) is 42.0 Å². The van der Waals surface area contributed by atoms with Crippen molar-refractivity contribution in [3.63, 3.8) is 0 Å². The molecule has 2 aliphatic heterocycles. The van der Waals surface area contributed by atoms with Crippen molar-refractivity contribution in [1.82, 2.24) is 9.29 Å². The van der Waals surface area contributed by atoms with Crippen molar-refractivity contribution < 1.29 is 13.2 Å². The van der Waals surface area contributed by atoms with Crippen LogP contribution in [0.5, 0.6) is 0 Å². The first-order valence-electron chi connectivity index (χ1n) is 7.71. The van der Waals surface area contributed by atoms with E-state index in [0.717, 1.165) is 30.6 Å². The van der Waals surface area contributed by atoms with Crippen molar-refractivity contribution in [2.24, 2.45) is 0 Å². The third-order valence-corrected chi connectivity index (χ3v) is 8.51. The Morgan fingerprint density at radius 2 is 2.05 bits per heavy atom. The second kappa shape index (κ2) is 5.47. The molecule has 0 amide bonds. The molecule has 0 radical (unpaired) electrons. The lowest BCUT2D eigenvalue weighted by molar-refractivity contribution is 0.0397. The molecule has 1 saturated carbocycles. The monoisotopic (exact) mass is 340 g/mol. The summed E-state index contributed by atoms with van der Waals surface area (Å²) in [5.74, 6) is 0.961. The summed E-state index contributed by atoms with van der Waals surface area (Å²) in [6.45, 7) is 1.95. The van der Waals surface area contributed by atoms with Crippen LogP contribution in [-0.2, 0) is 21.4 Å². The maximum atomic E-state index is 12.2. The number of ether oxygens (including phenoxy) is 1. The normalized spacial score (nSPS) is 27.9. The number of pyridine rings is 1. The fourth-order valence-corrected chi connectivity index (χ4v) is 6.90. The molecule has 0 aromatic carbocycles. The van der Waals surface area contributed by atoms with Gasteiger partial charge in [-0.05, 0) is 37.0 Å². The summed E-state index contributed by atoms with van der Waals surface area (Å²) in [4.78, 5) is 4.00. The molecule has 1 aliphatic carbocycles. The molecule has 0 bridgehead atoms. The first-order valence-corrected chi connectivity index (χ1v) is 10.2. The lowest BCUT2D eigenvalue weighted by Crippen LogP contribution is -2.61. The van der Waals surface area contributed by atoms with E-state index in [1.54, 1.807) is 16.7 Å². The Kier molecular flexibility index (Phi) is 3.71. The van der Waals surface area contributed by atoms with Crippen LogP contribution in [0.3, 0.4) is 0 Å². The summed E-state index contributed by atoms with van der Waals surface area (Å²) in [5.41, 5.74) is 1.13.